The molecule has 0 saturated heterocycles. The quantitative estimate of drug-likeness (QED) is 0.643. The van der Waals surface area contributed by atoms with Gasteiger partial charge in [0.05, 0.1) is 10.4 Å². The zero-order chi connectivity index (χ0) is 13.1. The van der Waals surface area contributed by atoms with Gasteiger partial charge < -0.3 is 19.5 Å². The summed E-state index contributed by atoms with van der Waals surface area (Å²) in [6, 6.07) is 0. The maximum Gasteiger partial charge on any atom is 0.159 e. The van der Waals surface area contributed by atoms with E-state index in [4.69, 9.17) is 33.0 Å². The summed E-state index contributed by atoms with van der Waals surface area (Å²) in [5.74, 6) is 0. The minimum Gasteiger partial charge on any atom is -0.396 e. The number of rotatable bonds is 5. The molecule has 0 aliphatic heterocycles. The number of hydrogen-bond acceptors (Lipinski definition) is 5. The van der Waals surface area contributed by atoms with Crippen LogP contribution in [0.5, 0.6) is 0 Å². The average molecular weight is 292 g/mol. The summed E-state index contributed by atoms with van der Waals surface area (Å²) in [6.07, 6.45) is 2.02. The fourth-order valence-electron chi connectivity index (χ4n) is 1.50. The SMILES string of the molecule is OCCC(O)OCn1cc(Cl)c2c(Cl)ncnc21. The van der Waals surface area contributed by atoms with Crippen molar-refractivity contribution < 1.29 is 14.9 Å². The van der Waals surface area contributed by atoms with Gasteiger partial charge in [-0.15, -0.1) is 0 Å². The molecule has 2 rings (SSSR count). The first-order valence-corrected chi connectivity index (χ1v) is 5.94. The van der Waals surface area contributed by atoms with E-state index in [1.807, 2.05) is 0 Å². The Morgan fingerprint density at radius 1 is 1.39 bits per heavy atom. The van der Waals surface area contributed by atoms with Gasteiger partial charge in [-0.1, -0.05) is 23.2 Å². The minimum absolute atomic E-state index is 0.0533. The molecule has 6 nitrogen and oxygen atoms in total. The van der Waals surface area contributed by atoms with Crippen LogP contribution in [-0.4, -0.2) is 37.6 Å². The monoisotopic (exact) mass is 291 g/mol. The van der Waals surface area contributed by atoms with Crippen LogP contribution in [0.4, 0.5) is 0 Å². The van der Waals surface area contributed by atoms with Crippen molar-refractivity contribution in [2.45, 2.75) is 19.4 Å². The first kappa shape index (κ1) is 13.5. The molecule has 0 aromatic carbocycles. The summed E-state index contributed by atoms with van der Waals surface area (Å²) in [5, 5.41) is 19.2. The summed E-state index contributed by atoms with van der Waals surface area (Å²) in [6.45, 7) is -0.0971. The van der Waals surface area contributed by atoms with Crippen LogP contribution in [0, 0.1) is 0 Å². The highest BCUT2D eigenvalue weighted by molar-refractivity contribution is 6.41. The van der Waals surface area contributed by atoms with E-state index >= 15 is 0 Å². The average Bonchev–Trinajstić information content (AvgIpc) is 2.65. The summed E-state index contributed by atoms with van der Waals surface area (Å²) in [4.78, 5) is 7.90. The van der Waals surface area contributed by atoms with Crippen LogP contribution in [0.15, 0.2) is 12.5 Å². The van der Waals surface area contributed by atoms with Crippen LogP contribution in [-0.2, 0) is 11.5 Å². The Hall–Kier alpha value is -0.920. The second kappa shape index (κ2) is 5.81. The van der Waals surface area contributed by atoms with Crippen LogP contribution in [0.2, 0.25) is 10.2 Å². The predicted molar refractivity (Wildman–Crippen MR) is 66.3 cm³/mol. The van der Waals surface area contributed by atoms with Crippen molar-refractivity contribution in [3.8, 4) is 0 Å². The molecule has 0 aliphatic rings. The van der Waals surface area contributed by atoms with Gasteiger partial charge in [0, 0.05) is 19.2 Å². The zero-order valence-electron chi connectivity index (χ0n) is 9.25. The lowest BCUT2D eigenvalue weighted by atomic mass is 10.4. The Morgan fingerprint density at radius 2 is 2.17 bits per heavy atom. The standard InChI is InChI=1S/C10H11Cl2N3O3/c11-6-3-15(5-18-7(17)1-2-16)10-8(6)9(12)13-4-14-10/h3-4,7,16-17H,1-2,5H2. The molecule has 0 radical (unpaired) electrons. The molecule has 2 aromatic rings. The van der Waals surface area contributed by atoms with Gasteiger partial charge in [0.1, 0.15) is 23.9 Å². The van der Waals surface area contributed by atoms with Gasteiger partial charge in [-0.05, 0) is 0 Å². The smallest absolute Gasteiger partial charge is 0.159 e. The van der Waals surface area contributed by atoms with E-state index in [1.165, 1.54) is 6.33 Å². The number of aliphatic hydroxyl groups excluding tert-OH is 2. The van der Waals surface area contributed by atoms with Gasteiger partial charge in [-0.3, -0.25) is 0 Å². The molecule has 98 valence electrons. The Bertz CT molecular complexity index is 546. The lowest BCUT2D eigenvalue weighted by Crippen LogP contribution is -2.16. The molecule has 0 spiro atoms. The third kappa shape index (κ3) is 2.73. The molecule has 1 unspecified atom stereocenters. The van der Waals surface area contributed by atoms with E-state index in [0.29, 0.717) is 16.1 Å². The summed E-state index contributed by atoms with van der Waals surface area (Å²) in [5.41, 5.74) is 0.524. The van der Waals surface area contributed by atoms with E-state index < -0.39 is 6.29 Å². The van der Waals surface area contributed by atoms with Crippen LogP contribution in [0.3, 0.4) is 0 Å². The highest BCUT2D eigenvalue weighted by Gasteiger charge is 2.13. The molecular weight excluding hydrogens is 281 g/mol. The fraction of sp³-hybridized carbons (Fsp3) is 0.400. The van der Waals surface area contributed by atoms with Crippen LogP contribution in [0.25, 0.3) is 11.0 Å². The predicted octanol–water partition coefficient (Wildman–Crippen LogP) is 1.41. The number of halogens is 2. The Morgan fingerprint density at radius 3 is 2.89 bits per heavy atom. The molecule has 18 heavy (non-hydrogen) atoms. The van der Waals surface area contributed by atoms with Gasteiger partial charge in [-0.25, -0.2) is 9.97 Å². The van der Waals surface area contributed by atoms with Crippen molar-refractivity contribution in [3.05, 3.63) is 22.7 Å². The number of aliphatic hydroxyl groups is 2. The van der Waals surface area contributed by atoms with Crippen LogP contribution < -0.4 is 0 Å². The van der Waals surface area contributed by atoms with E-state index in [2.05, 4.69) is 9.97 Å². The molecule has 8 heteroatoms. The topological polar surface area (TPSA) is 80.4 Å². The molecule has 0 amide bonds. The van der Waals surface area contributed by atoms with Gasteiger partial charge in [0.15, 0.2) is 6.29 Å². The largest absolute Gasteiger partial charge is 0.396 e. The van der Waals surface area contributed by atoms with E-state index in [-0.39, 0.29) is 24.9 Å². The van der Waals surface area contributed by atoms with Crippen molar-refractivity contribution in [2.24, 2.45) is 0 Å². The Kier molecular flexibility index (Phi) is 4.36. The Labute approximate surface area is 113 Å². The number of fused-ring (bicyclic) bond motifs is 1. The second-order valence-corrected chi connectivity index (χ2v) is 4.34. The molecule has 2 aromatic heterocycles. The molecule has 0 saturated carbocycles. The van der Waals surface area contributed by atoms with Gasteiger partial charge >= 0.3 is 0 Å². The molecule has 0 fully saturated rings. The number of aromatic nitrogens is 3. The first-order chi connectivity index (χ1) is 8.63. The maximum atomic E-state index is 9.36. The van der Waals surface area contributed by atoms with Gasteiger partial charge in [-0.2, -0.15) is 0 Å². The Balaban J connectivity index is 2.22. The van der Waals surface area contributed by atoms with Gasteiger partial charge in [0.25, 0.3) is 0 Å². The summed E-state index contributed by atoms with van der Waals surface area (Å²) in [7, 11) is 0. The van der Waals surface area contributed by atoms with Crippen molar-refractivity contribution in [1.82, 2.24) is 14.5 Å². The number of nitrogens with zero attached hydrogens (tertiary/aromatic N) is 3. The first-order valence-electron chi connectivity index (χ1n) is 5.19. The summed E-state index contributed by atoms with van der Waals surface area (Å²) < 4.78 is 6.73. The lowest BCUT2D eigenvalue weighted by molar-refractivity contribution is -0.132. The molecular formula is C10H11Cl2N3O3. The molecule has 2 heterocycles. The molecule has 2 N–H and O–H groups in total. The maximum absolute atomic E-state index is 9.36. The minimum atomic E-state index is -1.04. The van der Waals surface area contributed by atoms with Gasteiger partial charge in [0.2, 0.25) is 0 Å². The lowest BCUT2D eigenvalue weighted by Gasteiger charge is -2.11. The number of ether oxygens (including phenoxy) is 1. The van der Waals surface area contributed by atoms with Crippen molar-refractivity contribution >= 4 is 34.2 Å². The second-order valence-electron chi connectivity index (χ2n) is 3.57. The highest BCUT2D eigenvalue weighted by Crippen LogP contribution is 2.29. The van der Waals surface area contributed by atoms with Crippen LogP contribution in [0.1, 0.15) is 6.42 Å². The summed E-state index contributed by atoms with van der Waals surface area (Å²) >= 11 is 11.9. The highest BCUT2D eigenvalue weighted by atomic mass is 35.5. The van der Waals surface area contributed by atoms with E-state index in [1.54, 1.807) is 10.8 Å². The molecule has 1 atom stereocenters. The molecule has 0 bridgehead atoms. The van der Waals surface area contributed by atoms with Crippen LogP contribution >= 0.6 is 23.2 Å². The third-order valence-electron chi connectivity index (χ3n) is 2.34. The van der Waals surface area contributed by atoms with E-state index in [0.717, 1.165) is 0 Å². The molecule has 0 aliphatic carbocycles. The number of hydrogen-bond donors (Lipinski definition) is 2. The zero-order valence-corrected chi connectivity index (χ0v) is 10.8. The fourth-order valence-corrected chi connectivity index (χ4v) is 2.07. The normalized spacial score (nSPS) is 13.1. The third-order valence-corrected chi connectivity index (χ3v) is 2.92. The van der Waals surface area contributed by atoms with Crippen molar-refractivity contribution in [1.29, 1.82) is 0 Å². The van der Waals surface area contributed by atoms with Crippen molar-refractivity contribution in [3.63, 3.8) is 0 Å². The van der Waals surface area contributed by atoms with Crippen molar-refractivity contribution in [2.75, 3.05) is 6.61 Å². The van der Waals surface area contributed by atoms with E-state index in [9.17, 15) is 5.11 Å².